The molecular formula is C16H15FN2O2. The molecule has 0 saturated heterocycles. The van der Waals surface area contributed by atoms with Crippen LogP contribution in [0.4, 0.5) is 10.1 Å². The lowest BCUT2D eigenvalue weighted by Crippen LogP contribution is -2.30. The molecule has 4 nitrogen and oxygen atoms in total. The summed E-state index contributed by atoms with van der Waals surface area (Å²) in [7, 11) is 0. The predicted octanol–water partition coefficient (Wildman–Crippen LogP) is 2.87. The van der Waals surface area contributed by atoms with Crippen molar-refractivity contribution < 1.29 is 14.3 Å². The molecule has 0 fully saturated rings. The van der Waals surface area contributed by atoms with E-state index in [0.29, 0.717) is 12.1 Å². The highest BCUT2D eigenvalue weighted by molar-refractivity contribution is 5.91. The molecule has 21 heavy (non-hydrogen) atoms. The summed E-state index contributed by atoms with van der Waals surface area (Å²) in [4.78, 5) is 17.2. The molecule has 0 bridgehead atoms. The van der Waals surface area contributed by atoms with Crippen molar-refractivity contribution in [3.8, 4) is 0 Å². The van der Waals surface area contributed by atoms with Gasteiger partial charge in [-0.15, -0.1) is 0 Å². The molecule has 1 aromatic heterocycles. The monoisotopic (exact) mass is 286 g/mol. The average Bonchev–Trinajstić information content (AvgIpc) is 2.47. The highest BCUT2D eigenvalue weighted by Crippen LogP contribution is 2.31. The summed E-state index contributed by atoms with van der Waals surface area (Å²) in [5.41, 5.74) is 2.92. The van der Waals surface area contributed by atoms with Gasteiger partial charge in [0.05, 0.1) is 11.8 Å². The molecule has 0 saturated carbocycles. The van der Waals surface area contributed by atoms with Crippen LogP contribution in [0.25, 0.3) is 0 Å². The van der Waals surface area contributed by atoms with E-state index in [1.165, 1.54) is 12.3 Å². The molecule has 5 heteroatoms. The van der Waals surface area contributed by atoms with Gasteiger partial charge in [-0.05, 0) is 42.2 Å². The maximum absolute atomic E-state index is 13.2. The van der Waals surface area contributed by atoms with Crippen LogP contribution in [0.2, 0.25) is 0 Å². The van der Waals surface area contributed by atoms with E-state index in [1.54, 1.807) is 18.3 Å². The minimum atomic E-state index is -0.902. The van der Waals surface area contributed by atoms with E-state index in [4.69, 9.17) is 0 Å². The number of nitrogens with zero attached hydrogens (tertiary/aromatic N) is 2. The van der Waals surface area contributed by atoms with E-state index in [0.717, 1.165) is 36.2 Å². The molecule has 0 aliphatic carbocycles. The Labute approximate surface area is 121 Å². The molecule has 3 rings (SSSR count). The molecule has 1 aromatic carbocycles. The Hall–Kier alpha value is -2.43. The van der Waals surface area contributed by atoms with E-state index >= 15 is 0 Å². The van der Waals surface area contributed by atoms with Gasteiger partial charge in [-0.2, -0.15) is 0 Å². The van der Waals surface area contributed by atoms with Gasteiger partial charge in [-0.25, -0.2) is 9.18 Å². The van der Waals surface area contributed by atoms with Crippen molar-refractivity contribution in [1.29, 1.82) is 0 Å². The summed E-state index contributed by atoms with van der Waals surface area (Å²) in [6, 6.07) is 6.77. The van der Waals surface area contributed by atoms with Crippen LogP contribution in [-0.2, 0) is 13.0 Å². The van der Waals surface area contributed by atoms with Crippen molar-refractivity contribution in [3.05, 3.63) is 59.2 Å². The largest absolute Gasteiger partial charge is 0.478 e. The first-order valence-corrected chi connectivity index (χ1v) is 6.84. The summed E-state index contributed by atoms with van der Waals surface area (Å²) in [6.07, 6.45) is 4.46. The first kappa shape index (κ1) is 13.5. The Morgan fingerprint density at radius 1 is 1.38 bits per heavy atom. The maximum Gasteiger partial charge on any atom is 0.336 e. The zero-order valence-corrected chi connectivity index (χ0v) is 11.4. The first-order valence-electron chi connectivity index (χ1n) is 6.84. The fraction of sp³-hybridized carbons (Fsp3) is 0.250. The average molecular weight is 286 g/mol. The van der Waals surface area contributed by atoms with Gasteiger partial charge < -0.3 is 10.0 Å². The lowest BCUT2D eigenvalue weighted by Gasteiger charge is -2.32. The second-order valence-corrected chi connectivity index (χ2v) is 5.14. The smallest absolute Gasteiger partial charge is 0.336 e. The van der Waals surface area contributed by atoms with Crippen molar-refractivity contribution in [3.63, 3.8) is 0 Å². The summed E-state index contributed by atoms with van der Waals surface area (Å²) in [6.45, 7) is 1.35. The molecule has 1 aliphatic heterocycles. The quantitative estimate of drug-likeness (QED) is 0.942. The number of rotatable bonds is 3. The topological polar surface area (TPSA) is 53.4 Å². The predicted molar refractivity (Wildman–Crippen MR) is 77.0 cm³/mol. The highest BCUT2D eigenvalue weighted by Gasteiger charge is 2.22. The summed E-state index contributed by atoms with van der Waals surface area (Å²) in [5, 5.41) is 9.28. The van der Waals surface area contributed by atoms with Gasteiger partial charge in [0.2, 0.25) is 0 Å². The molecule has 0 radical (unpaired) electrons. The van der Waals surface area contributed by atoms with Gasteiger partial charge in [0.1, 0.15) is 5.82 Å². The Balaban J connectivity index is 1.94. The number of aromatic nitrogens is 1. The summed E-state index contributed by atoms with van der Waals surface area (Å²) in [5.74, 6) is -1.26. The third-order valence-electron chi connectivity index (χ3n) is 3.71. The Kier molecular flexibility index (Phi) is 3.56. The molecule has 1 N–H and O–H groups in total. The molecule has 1 aliphatic rings. The van der Waals surface area contributed by atoms with Crippen molar-refractivity contribution in [2.75, 3.05) is 11.4 Å². The minimum Gasteiger partial charge on any atom is -0.478 e. The molecule has 108 valence electrons. The number of hydrogen-bond acceptors (Lipinski definition) is 3. The second-order valence-electron chi connectivity index (χ2n) is 5.14. The zero-order chi connectivity index (χ0) is 14.8. The summed E-state index contributed by atoms with van der Waals surface area (Å²) >= 11 is 0. The fourth-order valence-corrected chi connectivity index (χ4v) is 2.83. The lowest BCUT2D eigenvalue weighted by atomic mass is 9.96. The Morgan fingerprint density at radius 3 is 3.00 bits per heavy atom. The van der Waals surface area contributed by atoms with Crippen molar-refractivity contribution in [2.45, 2.75) is 19.4 Å². The number of fused-ring (bicyclic) bond motifs is 1. The van der Waals surface area contributed by atoms with Gasteiger partial charge >= 0.3 is 5.97 Å². The van der Waals surface area contributed by atoms with E-state index in [2.05, 4.69) is 9.88 Å². The number of anilines is 1. The summed E-state index contributed by atoms with van der Waals surface area (Å²) < 4.78 is 13.2. The molecule has 0 atom stereocenters. The molecule has 2 heterocycles. The number of hydrogen-bond donors (Lipinski definition) is 1. The number of aromatic carboxylic acids is 1. The fourth-order valence-electron chi connectivity index (χ4n) is 2.83. The van der Waals surface area contributed by atoms with Crippen LogP contribution in [0, 0.1) is 5.82 Å². The van der Waals surface area contributed by atoms with Crippen LogP contribution in [0.1, 0.15) is 27.9 Å². The number of carboxylic acid groups (broad SMARTS) is 1. The Morgan fingerprint density at radius 2 is 2.24 bits per heavy atom. The molecule has 2 aromatic rings. The van der Waals surface area contributed by atoms with Gasteiger partial charge in [-0.1, -0.05) is 6.07 Å². The zero-order valence-electron chi connectivity index (χ0n) is 11.4. The number of pyridine rings is 1. The number of halogens is 1. The van der Waals surface area contributed by atoms with Crippen LogP contribution in [0.5, 0.6) is 0 Å². The van der Waals surface area contributed by atoms with Crippen LogP contribution < -0.4 is 4.90 Å². The number of carbonyl (C=O) groups is 1. The third-order valence-corrected chi connectivity index (χ3v) is 3.71. The molecule has 0 spiro atoms. The molecular weight excluding hydrogens is 271 g/mol. The highest BCUT2D eigenvalue weighted by atomic mass is 19.1. The van der Waals surface area contributed by atoms with E-state index in [-0.39, 0.29) is 5.82 Å². The Bertz CT molecular complexity index is 688. The third kappa shape index (κ3) is 2.72. The normalized spacial score (nSPS) is 13.9. The van der Waals surface area contributed by atoms with Gasteiger partial charge in [0.15, 0.2) is 0 Å². The van der Waals surface area contributed by atoms with E-state index in [9.17, 15) is 14.3 Å². The van der Waals surface area contributed by atoms with E-state index < -0.39 is 5.97 Å². The minimum absolute atomic E-state index is 0.356. The van der Waals surface area contributed by atoms with Crippen LogP contribution in [-0.4, -0.2) is 22.6 Å². The van der Waals surface area contributed by atoms with E-state index in [1.807, 2.05) is 6.07 Å². The van der Waals surface area contributed by atoms with Crippen molar-refractivity contribution in [1.82, 2.24) is 4.98 Å². The number of carboxylic acids is 1. The number of benzene rings is 1. The first-order chi connectivity index (χ1) is 10.1. The van der Waals surface area contributed by atoms with Crippen molar-refractivity contribution in [2.24, 2.45) is 0 Å². The second kappa shape index (κ2) is 5.52. The van der Waals surface area contributed by atoms with Gasteiger partial charge in [0, 0.05) is 25.0 Å². The maximum atomic E-state index is 13.2. The standard InChI is InChI=1S/C16H15FN2O2/c17-12-7-11(8-18-9-12)10-19-6-2-4-13-14(16(20)21)3-1-5-15(13)19/h1,3,5,7-9H,2,4,6,10H2,(H,20,21). The molecule has 0 amide bonds. The van der Waals surface area contributed by atoms with Crippen LogP contribution in [0.3, 0.4) is 0 Å². The van der Waals surface area contributed by atoms with Gasteiger partial charge in [-0.3, -0.25) is 4.98 Å². The lowest BCUT2D eigenvalue weighted by molar-refractivity contribution is 0.0695. The SMILES string of the molecule is O=C(O)c1cccc2c1CCCN2Cc1cncc(F)c1. The van der Waals surface area contributed by atoms with Crippen LogP contribution >= 0.6 is 0 Å². The van der Waals surface area contributed by atoms with Crippen molar-refractivity contribution >= 4 is 11.7 Å². The van der Waals surface area contributed by atoms with Gasteiger partial charge in [0.25, 0.3) is 0 Å². The van der Waals surface area contributed by atoms with Crippen LogP contribution in [0.15, 0.2) is 36.7 Å². The molecule has 0 unspecified atom stereocenters.